The molecule has 0 heterocycles. The van der Waals surface area contributed by atoms with E-state index in [2.05, 4.69) is 61.1 Å². The van der Waals surface area contributed by atoms with Crippen molar-refractivity contribution in [2.24, 2.45) is 5.92 Å². The average Bonchev–Trinajstić information content (AvgIpc) is 2.31. The van der Waals surface area contributed by atoms with E-state index in [0.717, 1.165) is 0 Å². The van der Waals surface area contributed by atoms with Crippen LogP contribution in [0.3, 0.4) is 0 Å². The van der Waals surface area contributed by atoms with Crippen LogP contribution in [0.5, 0.6) is 0 Å². The average molecular weight is 220 g/mol. The Hall–Kier alpha value is -1.08. The number of rotatable bonds is 0. The Bertz CT molecular complexity index is 267. The second kappa shape index (κ2) is 10.4. The molecule has 0 aromatic heterocycles. The number of fused-ring (bicyclic) bond motifs is 1. The van der Waals surface area contributed by atoms with Gasteiger partial charge in [0.1, 0.15) is 0 Å². The Labute approximate surface area is 100 Å². The molecule has 1 nitrogen and oxygen atoms in total. The van der Waals surface area contributed by atoms with Crippen molar-refractivity contribution >= 4 is 0 Å². The highest BCUT2D eigenvalue weighted by atomic mass is 16.4. The summed E-state index contributed by atoms with van der Waals surface area (Å²) >= 11 is 0. The zero-order valence-electron chi connectivity index (χ0n) is 10.9. The first-order valence-corrected chi connectivity index (χ1v) is 5.91. The van der Waals surface area contributed by atoms with E-state index >= 15 is 0 Å². The van der Waals surface area contributed by atoms with Gasteiger partial charge in [-0.15, -0.1) is 0 Å². The molecule has 0 N–H and O–H groups in total. The second-order valence-electron chi connectivity index (χ2n) is 3.80. The third kappa shape index (κ3) is 6.41. The highest BCUT2D eigenvalue weighted by molar-refractivity contribution is 5.38. The van der Waals surface area contributed by atoms with Gasteiger partial charge in [0.2, 0.25) is 0 Å². The van der Waals surface area contributed by atoms with Gasteiger partial charge in [0.05, 0.1) is 0 Å². The smallest absolute Gasteiger partial charge is 0.0351 e. The lowest BCUT2D eigenvalue weighted by molar-refractivity contribution is 0.277. The molecule has 1 unspecified atom stereocenters. The molecule has 0 bridgehead atoms. The van der Waals surface area contributed by atoms with Crippen molar-refractivity contribution < 1.29 is 4.74 Å². The van der Waals surface area contributed by atoms with Crippen LogP contribution in [0, 0.1) is 5.92 Å². The van der Waals surface area contributed by atoms with Crippen LogP contribution in [0.1, 0.15) is 26.7 Å². The van der Waals surface area contributed by atoms with Crippen LogP contribution in [-0.2, 0) is 4.74 Å². The van der Waals surface area contributed by atoms with Crippen molar-refractivity contribution in [2.75, 3.05) is 14.2 Å². The molecule has 0 saturated heterocycles. The molecule has 0 radical (unpaired) electrons. The summed E-state index contributed by atoms with van der Waals surface area (Å²) in [5.41, 5.74) is 1.45. The number of ether oxygens (including phenoxy) is 1. The Kier molecular flexibility index (Phi) is 9.73. The Morgan fingerprint density at radius 3 is 2.38 bits per heavy atom. The third-order valence-corrected chi connectivity index (χ3v) is 1.99. The molecule has 1 heteroatoms. The summed E-state index contributed by atoms with van der Waals surface area (Å²) in [7, 11) is 3.25. The summed E-state index contributed by atoms with van der Waals surface area (Å²) in [6, 6.07) is 0. The van der Waals surface area contributed by atoms with E-state index in [1.165, 1.54) is 18.4 Å². The summed E-state index contributed by atoms with van der Waals surface area (Å²) in [5, 5.41) is 0. The van der Waals surface area contributed by atoms with Crippen LogP contribution < -0.4 is 0 Å². The molecular weight excluding hydrogens is 196 g/mol. The molecule has 16 heavy (non-hydrogen) atoms. The first-order chi connectivity index (χ1) is 7.79. The molecule has 2 rings (SSSR count). The van der Waals surface area contributed by atoms with Gasteiger partial charge in [-0.1, -0.05) is 62.8 Å². The minimum atomic E-state index is 0.662. The lowest BCUT2D eigenvalue weighted by Gasteiger charge is -2.16. The largest absolute Gasteiger partial charge is 0.388 e. The van der Waals surface area contributed by atoms with Crippen molar-refractivity contribution in [3.63, 3.8) is 0 Å². The van der Waals surface area contributed by atoms with Gasteiger partial charge in [-0.3, -0.25) is 0 Å². The topological polar surface area (TPSA) is 9.23 Å². The van der Waals surface area contributed by atoms with Crippen LogP contribution in [0.15, 0.2) is 48.1 Å². The molecule has 0 aliphatic heterocycles. The highest BCUT2D eigenvalue weighted by Crippen LogP contribution is 2.25. The summed E-state index contributed by atoms with van der Waals surface area (Å²) < 4.78 is 4.25. The fourth-order valence-electron chi connectivity index (χ4n) is 1.40. The molecule has 0 saturated carbocycles. The van der Waals surface area contributed by atoms with E-state index in [1.807, 2.05) is 0 Å². The van der Waals surface area contributed by atoms with Gasteiger partial charge in [-0.05, 0) is 12.0 Å². The van der Waals surface area contributed by atoms with Crippen molar-refractivity contribution in [1.29, 1.82) is 0 Å². The van der Waals surface area contributed by atoms with Crippen molar-refractivity contribution in [2.45, 2.75) is 26.7 Å². The van der Waals surface area contributed by atoms with E-state index in [4.69, 9.17) is 0 Å². The maximum absolute atomic E-state index is 4.25. The maximum Gasteiger partial charge on any atom is 0.0351 e. The van der Waals surface area contributed by atoms with Gasteiger partial charge in [-0.2, -0.15) is 0 Å². The monoisotopic (exact) mass is 220 g/mol. The fourth-order valence-corrected chi connectivity index (χ4v) is 1.40. The standard InChI is InChI=1S/C10H10.C3H8.C2H6O/c1-2-6-10-8-4-3-7-9(10)5-1;2*1-3-2/h1-7,10H,8H2;3H2,1-2H3;1-2H3. The normalized spacial score (nSPS) is 19.8. The van der Waals surface area contributed by atoms with Crippen LogP contribution in [0.25, 0.3) is 0 Å². The number of hydrogen-bond donors (Lipinski definition) is 0. The van der Waals surface area contributed by atoms with E-state index in [9.17, 15) is 0 Å². The van der Waals surface area contributed by atoms with Gasteiger partial charge in [-0.25, -0.2) is 0 Å². The van der Waals surface area contributed by atoms with Crippen LogP contribution in [0.4, 0.5) is 0 Å². The molecule has 0 fully saturated rings. The van der Waals surface area contributed by atoms with Crippen molar-refractivity contribution in [3.05, 3.63) is 48.1 Å². The third-order valence-electron chi connectivity index (χ3n) is 1.99. The van der Waals surface area contributed by atoms with Gasteiger partial charge in [0.15, 0.2) is 0 Å². The Morgan fingerprint density at radius 1 is 1.19 bits per heavy atom. The number of methoxy groups -OCH3 is 1. The van der Waals surface area contributed by atoms with E-state index in [1.54, 1.807) is 14.2 Å². The SMILES string of the molecule is C1=CCC2C=CC=CC2=C1.CCC.COC. The fraction of sp³-hybridized carbons (Fsp3) is 0.467. The zero-order chi connectivity index (χ0) is 12.2. The van der Waals surface area contributed by atoms with Gasteiger partial charge < -0.3 is 4.74 Å². The highest BCUT2D eigenvalue weighted by Gasteiger charge is 2.10. The van der Waals surface area contributed by atoms with E-state index in [-0.39, 0.29) is 0 Å². The maximum atomic E-state index is 4.25. The van der Waals surface area contributed by atoms with Crippen LogP contribution in [-0.4, -0.2) is 14.2 Å². The minimum absolute atomic E-state index is 0.662. The lowest BCUT2D eigenvalue weighted by atomic mass is 9.88. The van der Waals surface area contributed by atoms with Crippen molar-refractivity contribution in [1.82, 2.24) is 0 Å². The molecule has 0 amide bonds. The predicted octanol–water partition coefficient (Wildman–Crippen LogP) is 4.29. The minimum Gasteiger partial charge on any atom is -0.388 e. The summed E-state index contributed by atoms with van der Waals surface area (Å²) in [5.74, 6) is 0.662. The Morgan fingerprint density at radius 2 is 1.81 bits per heavy atom. The molecule has 0 aromatic carbocycles. The van der Waals surface area contributed by atoms with Crippen LogP contribution in [0.2, 0.25) is 0 Å². The first-order valence-electron chi connectivity index (χ1n) is 5.91. The molecule has 2 aliphatic rings. The summed E-state index contributed by atoms with van der Waals surface area (Å²) in [6.45, 7) is 4.25. The number of allylic oxidation sites excluding steroid dienone is 8. The summed E-state index contributed by atoms with van der Waals surface area (Å²) in [4.78, 5) is 0. The molecule has 0 aromatic rings. The van der Waals surface area contributed by atoms with Crippen LogP contribution >= 0.6 is 0 Å². The summed E-state index contributed by atoms with van der Waals surface area (Å²) in [6.07, 6.45) is 17.6. The van der Waals surface area contributed by atoms with Gasteiger partial charge >= 0.3 is 0 Å². The quantitative estimate of drug-likeness (QED) is 0.591. The molecular formula is C15H24O. The number of hydrogen-bond acceptors (Lipinski definition) is 1. The van der Waals surface area contributed by atoms with Gasteiger partial charge in [0, 0.05) is 20.1 Å². The van der Waals surface area contributed by atoms with Gasteiger partial charge in [0.25, 0.3) is 0 Å². The zero-order valence-corrected chi connectivity index (χ0v) is 10.9. The second-order valence-corrected chi connectivity index (χ2v) is 3.80. The molecule has 2 aliphatic carbocycles. The van der Waals surface area contributed by atoms with E-state index in [0.29, 0.717) is 5.92 Å². The lowest BCUT2D eigenvalue weighted by Crippen LogP contribution is -2.02. The molecule has 90 valence electrons. The predicted molar refractivity (Wildman–Crippen MR) is 72.5 cm³/mol. The van der Waals surface area contributed by atoms with E-state index < -0.39 is 0 Å². The molecule has 0 spiro atoms. The molecule has 1 atom stereocenters. The van der Waals surface area contributed by atoms with Crippen molar-refractivity contribution in [3.8, 4) is 0 Å². The first kappa shape index (κ1) is 14.9. The Balaban J connectivity index is 0.000000321.